The zero-order valence-electron chi connectivity index (χ0n) is 21.4. The summed E-state index contributed by atoms with van der Waals surface area (Å²) in [7, 11) is 0. The van der Waals surface area contributed by atoms with Crippen LogP contribution in [0.4, 0.5) is 0 Å². The first kappa shape index (κ1) is 24.6. The molecule has 0 aliphatic heterocycles. The number of rotatable bonds is 8. The monoisotopic (exact) mass is 530 g/mol. The lowest BCUT2D eigenvalue weighted by Gasteiger charge is -2.18. The zero-order chi connectivity index (χ0) is 26.6. The lowest BCUT2D eigenvalue weighted by atomic mass is 9.98. The number of tetrazole rings is 1. The molecule has 0 spiro atoms. The number of nitrogens with zero attached hydrogens (tertiary/aromatic N) is 5. The minimum Gasteiger partial charge on any atom is -0.292 e. The van der Waals surface area contributed by atoms with Gasteiger partial charge in [-0.2, -0.15) is 5.21 Å². The number of thiophene rings is 1. The number of H-pyrrole nitrogens is 1. The number of aromatic amines is 1. The highest BCUT2D eigenvalue weighted by molar-refractivity contribution is 7.18. The number of aromatic nitrogens is 6. The number of aryl methyl sites for hydroxylation is 2. The molecule has 7 nitrogen and oxygen atoms in total. The smallest absolute Gasteiger partial charge is 0.262 e. The Morgan fingerprint density at radius 2 is 1.51 bits per heavy atom. The van der Waals surface area contributed by atoms with Crippen LogP contribution in [0.3, 0.4) is 0 Å². The second-order valence-electron chi connectivity index (χ2n) is 9.31. The maximum atomic E-state index is 14.3. The van der Waals surface area contributed by atoms with E-state index in [2.05, 4.69) is 69.2 Å². The van der Waals surface area contributed by atoms with E-state index >= 15 is 0 Å². The molecule has 0 atom stereocenters. The highest BCUT2D eigenvalue weighted by Crippen LogP contribution is 2.33. The van der Waals surface area contributed by atoms with Crippen LogP contribution >= 0.6 is 11.3 Å². The third kappa shape index (κ3) is 5.19. The molecule has 0 amide bonds. The quantitative estimate of drug-likeness (QED) is 0.262. The van der Waals surface area contributed by atoms with E-state index in [1.807, 2.05) is 60.0 Å². The van der Waals surface area contributed by atoms with Crippen LogP contribution in [0.5, 0.6) is 0 Å². The molecule has 6 rings (SSSR count). The summed E-state index contributed by atoms with van der Waals surface area (Å²) in [6.07, 6.45) is 1.47. The minimum atomic E-state index is -0.0514. The van der Waals surface area contributed by atoms with Crippen LogP contribution in [0.25, 0.3) is 32.5 Å². The van der Waals surface area contributed by atoms with Crippen LogP contribution in [-0.4, -0.2) is 30.2 Å². The van der Waals surface area contributed by atoms with Gasteiger partial charge in [0.05, 0.1) is 16.1 Å². The maximum Gasteiger partial charge on any atom is 0.262 e. The third-order valence-electron chi connectivity index (χ3n) is 6.73. The third-order valence-corrected chi connectivity index (χ3v) is 7.83. The Balaban J connectivity index is 1.47. The van der Waals surface area contributed by atoms with Gasteiger partial charge in [0, 0.05) is 17.0 Å². The predicted molar refractivity (Wildman–Crippen MR) is 155 cm³/mol. The average Bonchev–Trinajstić information content (AvgIpc) is 3.67. The Kier molecular flexibility index (Phi) is 6.93. The summed E-state index contributed by atoms with van der Waals surface area (Å²) in [5.41, 5.74) is 5.74. The molecule has 0 saturated heterocycles. The van der Waals surface area contributed by atoms with Crippen LogP contribution in [-0.2, 0) is 19.4 Å². The highest BCUT2D eigenvalue weighted by atomic mass is 32.1. The molecule has 3 aromatic heterocycles. The molecule has 3 aromatic carbocycles. The van der Waals surface area contributed by atoms with Gasteiger partial charge in [-0.1, -0.05) is 84.9 Å². The van der Waals surface area contributed by atoms with E-state index in [0.29, 0.717) is 29.5 Å². The Morgan fingerprint density at radius 3 is 2.26 bits per heavy atom. The summed E-state index contributed by atoms with van der Waals surface area (Å²) in [5.74, 6) is 1.20. The van der Waals surface area contributed by atoms with Gasteiger partial charge < -0.3 is 0 Å². The van der Waals surface area contributed by atoms with Crippen LogP contribution in [0.2, 0.25) is 0 Å². The normalized spacial score (nSPS) is 11.1. The molecular weight excluding hydrogens is 504 g/mol. The summed E-state index contributed by atoms with van der Waals surface area (Å²) in [6, 6.07) is 32.7. The number of hydrogen-bond acceptors (Lipinski definition) is 6. The van der Waals surface area contributed by atoms with Crippen LogP contribution in [0.15, 0.2) is 102 Å². The van der Waals surface area contributed by atoms with Gasteiger partial charge in [0.2, 0.25) is 5.82 Å². The van der Waals surface area contributed by atoms with Crippen molar-refractivity contribution in [3.63, 3.8) is 0 Å². The minimum absolute atomic E-state index is 0.0514. The first-order valence-electron chi connectivity index (χ1n) is 12.8. The van der Waals surface area contributed by atoms with Gasteiger partial charge in [-0.25, -0.2) is 4.98 Å². The Bertz CT molecular complexity index is 1760. The average molecular weight is 531 g/mol. The van der Waals surface area contributed by atoms with Gasteiger partial charge in [0.25, 0.3) is 5.56 Å². The molecule has 0 unspecified atom stereocenters. The fourth-order valence-electron chi connectivity index (χ4n) is 4.81. The maximum absolute atomic E-state index is 14.3. The van der Waals surface area contributed by atoms with Crippen LogP contribution in [0.1, 0.15) is 22.4 Å². The van der Waals surface area contributed by atoms with Crippen molar-refractivity contribution in [2.24, 2.45) is 0 Å². The predicted octanol–water partition coefficient (Wildman–Crippen LogP) is 5.96. The molecular formula is C31H26N6OS. The fourth-order valence-corrected chi connectivity index (χ4v) is 5.83. The Morgan fingerprint density at radius 1 is 0.821 bits per heavy atom. The van der Waals surface area contributed by atoms with Gasteiger partial charge in [-0.15, -0.1) is 21.5 Å². The fraction of sp³-hybridized carbons (Fsp3) is 0.129. The molecule has 8 heteroatoms. The molecule has 0 bridgehead atoms. The second kappa shape index (κ2) is 11.0. The zero-order valence-corrected chi connectivity index (χ0v) is 22.2. The number of nitrogens with one attached hydrogen (secondary N) is 1. The summed E-state index contributed by atoms with van der Waals surface area (Å²) in [6.45, 7) is 2.43. The molecule has 0 fully saturated rings. The number of hydrogen-bond donors (Lipinski definition) is 1. The van der Waals surface area contributed by atoms with Crippen molar-refractivity contribution in [2.45, 2.75) is 26.3 Å². The highest BCUT2D eigenvalue weighted by Gasteiger charge is 2.21. The lowest BCUT2D eigenvalue weighted by Crippen LogP contribution is -2.27. The topological polar surface area (TPSA) is 89.4 Å². The molecule has 0 saturated carbocycles. The Labute approximate surface area is 229 Å². The van der Waals surface area contributed by atoms with Crippen molar-refractivity contribution in [1.82, 2.24) is 30.2 Å². The molecule has 3 heterocycles. The Hall–Kier alpha value is -4.69. The standard InChI is InChI=1S/C31H26N6OS/c1-21-28(26-16-17-27(39-26)29-33-35-36-34-29)31(38)37(19-18-22-10-4-2-5-11-22)30(32-21)25-15-9-8-14-24(25)20-23-12-6-3-7-13-23/h2-17H,18-20H2,1H3,(H,33,34,35,36). The van der Waals surface area contributed by atoms with Crippen LogP contribution in [0, 0.1) is 6.92 Å². The summed E-state index contributed by atoms with van der Waals surface area (Å²) in [4.78, 5) is 21.0. The molecule has 192 valence electrons. The first-order valence-corrected chi connectivity index (χ1v) is 13.6. The largest absolute Gasteiger partial charge is 0.292 e. The molecule has 39 heavy (non-hydrogen) atoms. The molecule has 6 aromatic rings. The molecule has 0 aliphatic rings. The van der Waals surface area contributed by atoms with Crippen molar-refractivity contribution < 1.29 is 0 Å². The van der Waals surface area contributed by atoms with E-state index in [-0.39, 0.29) is 5.56 Å². The molecule has 0 radical (unpaired) electrons. The van der Waals surface area contributed by atoms with E-state index in [0.717, 1.165) is 33.7 Å². The van der Waals surface area contributed by atoms with Crippen LogP contribution < -0.4 is 5.56 Å². The van der Waals surface area contributed by atoms with Gasteiger partial charge in [-0.3, -0.25) is 9.36 Å². The molecule has 0 aliphatic carbocycles. The van der Waals surface area contributed by atoms with Gasteiger partial charge >= 0.3 is 0 Å². The van der Waals surface area contributed by atoms with E-state index in [1.165, 1.54) is 22.5 Å². The van der Waals surface area contributed by atoms with E-state index < -0.39 is 0 Å². The van der Waals surface area contributed by atoms with Gasteiger partial charge in [-0.05, 0) is 53.8 Å². The first-order chi connectivity index (χ1) is 19.2. The van der Waals surface area contributed by atoms with Crippen molar-refractivity contribution in [1.29, 1.82) is 0 Å². The van der Waals surface area contributed by atoms with Crippen molar-refractivity contribution in [2.75, 3.05) is 0 Å². The van der Waals surface area contributed by atoms with Crippen molar-refractivity contribution in [3.8, 4) is 32.5 Å². The SMILES string of the molecule is Cc1nc(-c2ccccc2Cc2ccccc2)n(CCc2ccccc2)c(=O)c1-c1ccc(-c2nn[nH]n2)s1. The van der Waals surface area contributed by atoms with E-state index in [4.69, 9.17) is 4.98 Å². The van der Waals surface area contributed by atoms with Gasteiger partial charge in [0.1, 0.15) is 5.82 Å². The van der Waals surface area contributed by atoms with Crippen molar-refractivity contribution >= 4 is 11.3 Å². The summed E-state index contributed by atoms with van der Waals surface area (Å²) in [5, 5.41) is 14.3. The summed E-state index contributed by atoms with van der Waals surface area (Å²) >= 11 is 1.46. The van der Waals surface area contributed by atoms with E-state index in [1.54, 1.807) is 0 Å². The second-order valence-corrected chi connectivity index (χ2v) is 10.4. The summed E-state index contributed by atoms with van der Waals surface area (Å²) < 4.78 is 1.84. The van der Waals surface area contributed by atoms with Gasteiger partial charge in [0.15, 0.2) is 0 Å². The van der Waals surface area contributed by atoms with Crippen molar-refractivity contribution in [3.05, 3.63) is 130 Å². The number of benzene rings is 3. The molecule has 1 N–H and O–H groups in total. The lowest BCUT2D eigenvalue weighted by molar-refractivity contribution is 0.662. The van der Waals surface area contributed by atoms with E-state index in [9.17, 15) is 4.79 Å².